The van der Waals surface area contributed by atoms with E-state index in [9.17, 15) is 4.79 Å². The van der Waals surface area contributed by atoms with Gasteiger partial charge in [0.05, 0.1) is 15.8 Å². The molecule has 0 spiro atoms. The maximum Gasteiger partial charge on any atom is 0.335 e. The van der Waals surface area contributed by atoms with Gasteiger partial charge in [-0.3, -0.25) is 0 Å². The van der Waals surface area contributed by atoms with Crippen molar-refractivity contribution in [3.8, 4) is 0 Å². The Bertz CT molecular complexity index is 1060. The van der Waals surface area contributed by atoms with Crippen molar-refractivity contribution in [3.05, 3.63) is 64.7 Å². The minimum Gasteiger partial charge on any atom is -0.478 e. The molecule has 0 radical (unpaired) electrons. The highest BCUT2D eigenvalue weighted by atomic mass is 32.2. The Kier molecular flexibility index (Phi) is 4.96. The topological polar surface area (TPSA) is 76.0 Å². The average molecular weight is 400 g/mol. The molecule has 0 aliphatic carbocycles. The number of carboxylic acids is 1. The molecule has 0 aliphatic rings. The maximum atomic E-state index is 11.1. The van der Waals surface area contributed by atoms with Crippen LogP contribution in [0.25, 0.3) is 10.2 Å². The van der Waals surface area contributed by atoms with Crippen LogP contribution in [-0.4, -0.2) is 26.3 Å². The molecular formula is C18H13N3O2S3. The molecule has 130 valence electrons. The fourth-order valence-electron chi connectivity index (χ4n) is 2.43. The summed E-state index contributed by atoms with van der Waals surface area (Å²) < 4.78 is 2.56. The number of aromatic carboxylic acids is 1. The van der Waals surface area contributed by atoms with Crippen molar-refractivity contribution >= 4 is 50.6 Å². The van der Waals surface area contributed by atoms with Crippen LogP contribution in [0.2, 0.25) is 0 Å². The van der Waals surface area contributed by atoms with Crippen molar-refractivity contribution < 1.29 is 9.90 Å². The van der Waals surface area contributed by atoms with E-state index in [0.717, 1.165) is 36.7 Å². The number of nitrogens with zero attached hydrogens (tertiary/aromatic N) is 3. The highest BCUT2D eigenvalue weighted by molar-refractivity contribution is 8.02. The van der Waals surface area contributed by atoms with Gasteiger partial charge in [0.2, 0.25) is 0 Å². The quantitative estimate of drug-likeness (QED) is 0.503. The van der Waals surface area contributed by atoms with Gasteiger partial charge in [0.1, 0.15) is 5.01 Å². The summed E-state index contributed by atoms with van der Waals surface area (Å²) in [5.41, 5.74) is 2.37. The van der Waals surface area contributed by atoms with Crippen molar-refractivity contribution in [2.75, 3.05) is 0 Å². The number of fused-ring (bicyclic) bond motifs is 1. The predicted molar refractivity (Wildman–Crippen MR) is 104 cm³/mol. The second kappa shape index (κ2) is 7.53. The van der Waals surface area contributed by atoms with Gasteiger partial charge >= 0.3 is 5.97 Å². The first kappa shape index (κ1) is 17.1. The fraction of sp³-hybridized carbons (Fsp3) is 0.111. The van der Waals surface area contributed by atoms with Crippen molar-refractivity contribution in [2.45, 2.75) is 21.5 Å². The minimum absolute atomic E-state index is 0.275. The summed E-state index contributed by atoms with van der Waals surface area (Å²) in [7, 11) is 0. The van der Waals surface area contributed by atoms with Crippen molar-refractivity contribution in [1.29, 1.82) is 0 Å². The van der Waals surface area contributed by atoms with E-state index < -0.39 is 5.97 Å². The number of rotatable bonds is 6. The average Bonchev–Trinajstić information content (AvgIpc) is 3.26. The van der Waals surface area contributed by atoms with Gasteiger partial charge in [-0.2, -0.15) is 0 Å². The number of aromatic nitrogens is 3. The number of aryl methyl sites for hydroxylation is 2. The summed E-state index contributed by atoms with van der Waals surface area (Å²) in [6.45, 7) is 0. The first-order valence-electron chi connectivity index (χ1n) is 7.85. The van der Waals surface area contributed by atoms with Gasteiger partial charge in [-0.05, 0) is 41.9 Å². The Morgan fingerprint density at radius 2 is 1.85 bits per heavy atom. The Balaban J connectivity index is 1.45. The smallest absolute Gasteiger partial charge is 0.335 e. The number of carboxylic acid groups (broad SMARTS) is 1. The molecule has 26 heavy (non-hydrogen) atoms. The number of carbonyl (C=O) groups is 1. The lowest BCUT2D eigenvalue weighted by atomic mass is 10.1. The molecule has 0 atom stereocenters. The van der Waals surface area contributed by atoms with Gasteiger partial charge in [0, 0.05) is 6.42 Å². The summed E-state index contributed by atoms with van der Waals surface area (Å²) in [6.07, 6.45) is 1.81. The Labute approximate surface area is 161 Å². The van der Waals surface area contributed by atoms with E-state index in [1.165, 1.54) is 28.7 Å². The molecule has 1 N–H and O–H groups in total. The Morgan fingerprint density at radius 1 is 1.00 bits per heavy atom. The predicted octanol–water partition coefficient (Wildman–Crippen LogP) is 4.78. The summed E-state index contributed by atoms with van der Waals surface area (Å²) in [5.74, 6) is -0.929. The molecule has 2 aromatic heterocycles. The standard InChI is InChI=1S/C18H13N3O2S3/c22-16(23)12-7-8-13-14(10-12)24-17(19-13)26-18-21-20-15(25-18)9-6-11-4-2-1-3-5-11/h1-5,7-8,10H,6,9H2,(H,22,23). The summed E-state index contributed by atoms with van der Waals surface area (Å²) in [5, 5.41) is 18.6. The van der Waals surface area contributed by atoms with Crippen LogP contribution in [0.15, 0.2) is 57.2 Å². The zero-order valence-corrected chi connectivity index (χ0v) is 15.9. The van der Waals surface area contributed by atoms with E-state index in [4.69, 9.17) is 5.11 Å². The zero-order valence-electron chi connectivity index (χ0n) is 13.5. The van der Waals surface area contributed by atoms with Gasteiger partial charge in [-0.25, -0.2) is 9.78 Å². The maximum absolute atomic E-state index is 11.1. The SMILES string of the molecule is O=C(O)c1ccc2nc(Sc3nnc(CCc4ccccc4)s3)sc2c1. The van der Waals surface area contributed by atoms with Crippen molar-refractivity contribution in [2.24, 2.45) is 0 Å². The molecule has 2 aromatic carbocycles. The van der Waals surface area contributed by atoms with Crippen LogP contribution < -0.4 is 0 Å². The van der Waals surface area contributed by atoms with E-state index in [2.05, 4.69) is 27.3 Å². The molecule has 8 heteroatoms. The molecule has 2 heterocycles. The van der Waals surface area contributed by atoms with Gasteiger partial charge in [-0.15, -0.1) is 21.5 Å². The van der Waals surface area contributed by atoms with E-state index in [1.807, 2.05) is 18.2 Å². The number of benzene rings is 2. The molecule has 0 unspecified atom stereocenters. The van der Waals surface area contributed by atoms with Gasteiger partial charge in [-0.1, -0.05) is 41.7 Å². The van der Waals surface area contributed by atoms with Crippen LogP contribution >= 0.6 is 34.4 Å². The largest absolute Gasteiger partial charge is 0.478 e. The highest BCUT2D eigenvalue weighted by Crippen LogP contribution is 2.36. The van der Waals surface area contributed by atoms with E-state index in [0.29, 0.717) is 0 Å². The number of hydrogen-bond acceptors (Lipinski definition) is 7. The molecular weight excluding hydrogens is 386 g/mol. The number of hydrogen-bond donors (Lipinski definition) is 1. The minimum atomic E-state index is -0.929. The number of thiazole rings is 1. The van der Waals surface area contributed by atoms with Crippen LogP contribution in [0.4, 0.5) is 0 Å². The normalized spacial score (nSPS) is 11.1. The third kappa shape index (κ3) is 3.92. The first-order valence-corrected chi connectivity index (χ1v) is 10.3. The first-order chi connectivity index (χ1) is 12.7. The second-order valence-corrected chi connectivity index (χ2v) is 9.10. The summed E-state index contributed by atoms with van der Waals surface area (Å²) in [4.78, 5) is 15.6. The molecule has 4 aromatic rings. The molecule has 0 fully saturated rings. The fourth-order valence-corrected chi connectivity index (χ4v) is 5.63. The molecule has 0 amide bonds. The molecule has 0 saturated carbocycles. The third-order valence-electron chi connectivity index (χ3n) is 3.71. The highest BCUT2D eigenvalue weighted by Gasteiger charge is 2.12. The molecule has 0 saturated heterocycles. The van der Waals surface area contributed by atoms with Crippen LogP contribution in [-0.2, 0) is 12.8 Å². The monoisotopic (exact) mass is 399 g/mol. The summed E-state index contributed by atoms with van der Waals surface area (Å²) >= 11 is 4.52. The van der Waals surface area contributed by atoms with Crippen LogP contribution in [0.5, 0.6) is 0 Å². The van der Waals surface area contributed by atoms with Gasteiger partial charge in [0.15, 0.2) is 8.68 Å². The Morgan fingerprint density at radius 3 is 2.65 bits per heavy atom. The van der Waals surface area contributed by atoms with Crippen molar-refractivity contribution in [3.63, 3.8) is 0 Å². The Hall–Kier alpha value is -2.29. The van der Waals surface area contributed by atoms with Crippen LogP contribution in [0.1, 0.15) is 20.9 Å². The molecule has 0 bridgehead atoms. The van der Waals surface area contributed by atoms with E-state index >= 15 is 0 Å². The molecule has 5 nitrogen and oxygen atoms in total. The third-order valence-corrected chi connectivity index (χ3v) is 6.82. The zero-order chi connectivity index (χ0) is 17.9. The molecule has 0 aliphatic heterocycles. The molecule has 4 rings (SSSR count). The van der Waals surface area contributed by atoms with E-state index in [1.54, 1.807) is 29.5 Å². The van der Waals surface area contributed by atoms with E-state index in [-0.39, 0.29) is 5.56 Å². The lowest BCUT2D eigenvalue weighted by Crippen LogP contribution is -1.94. The van der Waals surface area contributed by atoms with Gasteiger partial charge < -0.3 is 5.11 Å². The van der Waals surface area contributed by atoms with Crippen molar-refractivity contribution in [1.82, 2.24) is 15.2 Å². The summed E-state index contributed by atoms with van der Waals surface area (Å²) in [6, 6.07) is 15.3. The second-order valence-electron chi connectivity index (χ2n) is 5.52. The lowest BCUT2D eigenvalue weighted by Gasteiger charge is -1.96. The van der Waals surface area contributed by atoms with Gasteiger partial charge in [0.25, 0.3) is 0 Å². The van der Waals surface area contributed by atoms with Crippen LogP contribution in [0.3, 0.4) is 0 Å². The van der Waals surface area contributed by atoms with Crippen LogP contribution in [0, 0.1) is 0 Å². The lowest BCUT2D eigenvalue weighted by molar-refractivity contribution is 0.0697.